The summed E-state index contributed by atoms with van der Waals surface area (Å²) in [5.74, 6) is -0.451. The maximum Gasteiger partial charge on any atom is 0.431 e. The van der Waals surface area contributed by atoms with Gasteiger partial charge >= 0.3 is 12.1 Å². The zero-order valence-corrected chi connectivity index (χ0v) is 20.5. The lowest BCUT2D eigenvalue weighted by Gasteiger charge is -2.31. The minimum absolute atomic E-state index is 0.0858. The highest BCUT2D eigenvalue weighted by molar-refractivity contribution is 6.30. The van der Waals surface area contributed by atoms with E-state index in [9.17, 15) is 9.59 Å². The Bertz CT molecular complexity index is 1060. The molecular weight excluding hydrogens is 456 g/mol. The first-order chi connectivity index (χ1) is 16.1. The number of carbonyl (C=O) groups is 2. The van der Waals surface area contributed by atoms with Gasteiger partial charge in [0.1, 0.15) is 11.3 Å². The monoisotopic (exact) mass is 484 g/mol. The first-order valence-corrected chi connectivity index (χ1v) is 11.4. The predicted molar refractivity (Wildman–Crippen MR) is 131 cm³/mol. The van der Waals surface area contributed by atoms with E-state index in [-0.39, 0.29) is 19.8 Å². The zero-order valence-electron chi connectivity index (χ0n) is 19.8. The Kier molecular flexibility index (Phi) is 8.12. The molecule has 1 unspecified atom stereocenters. The first kappa shape index (κ1) is 25.5. The van der Waals surface area contributed by atoms with E-state index in [0.717, 1.165) is 11.1 Å². The van der Waals surface area contributed by atoms with Crippen LogP contribution in [0.25, 0.3) is 0 Å². The van der Waals surface area contributed by atoms with E-state index in [1.165, 1.54) is 11.1 Å². The third kappa shape index (κ3) is 6.24. The summed E-state index contributed by atoms with van der Waals surface area (Å²) in [5, 5.41) is 6.49. The summed E-state index contributed by atoms with van der Waals surface area (Å²) in [7, 11) is 0. The van der Waals surface area contributed by atoms with Gasteiger partial charge in [-0.25, -0.2) is 9.59 Å². The second kappa shape index (κ2) is 10.8. The number of benzene rings is 2. The molecule has 0 aliphatic carbocycles. The number of halogens is 1. The lowest BCUT2D eigenvalue weighted by molar-refractivity contribution is -0.137. The highest BCUT2D eigenvalue weighted by atomic mass is 35.5. The maximum absolute atomic E-state index is 12.9. The average molecular weight is 485 g/mol. The van der Waals surface area contributed by atoms with Gasteiger partial charge in [-0.2, -0.15) is 10.1 Å². The Morgan fingerprint density at radius 3 is 2.41 bits per heavy atom. The van der Waals surface area contributed by atoms with Crippen molar-refractivity contribution < 1.29 is 23.8 Å². The lowest BCUT2D eigenvalue weighted by Crippen LogP contribution is -2.43. The number of carbonyl (C=O) groups excluding carboxylic acids is 2. The van der Waals surface area contributed by atoms with E-state index in [4.69, 9.17) is 25.8 Å². The number of hydrogen-bond acceptors (Lipinski definition) is 6. The molecule has 34 heavy (non-hydrogen) atoms. The predicted octanol–water partition coefficient (Wildman–Crippen LogP) is 5.33. The van der Waals surface area contributed by atoms with Crippen LogP contribution < -0.4 is 0 Å². The Morgan fingerprint density at radius 2 is 1.79 bits per heavy atom. The smallest absolute Gasteiger partial charge is 0.431 e. The minimum atomic E-state index is -1.11. The summed E-state index contributed by atoms with van der Waals surface area (Å²) in [5.41, 5.74) is 0.290. The van der Waals surface area contributed by atoms with Gasteiger partial charge in [-0.05, 0) is 45.4 Å². The number of esters is 1. The van der Waals surface area contributed by atoms with Gasteiger partial charge in [-0.15, -0.1) is 0 Å². The van der Waals surface area contributed by atoms with Crippen molar-refractivity contribution in [2.75, 3.05) is 19.8 Å². The molecule has 0 N–H and O–H groups in total. The fourth-order valence-corrected chi connectivity index (χ4v) is 3.63. The van der Waals surface area contributed by atoms with Gasteiger partial charge in [0.2, 0.25) is 0 Å². The maximum atomic E-state index is 12.9. The molecule has 0 bridgehead atoms. The van der Waals surface area contributed by atoms with Gasteiger partial charge in [0.25, 0.3) is 0 Å². The molecule has 8 heteroatoms. The molecule has 1 atom stereocenters. The SMILES string of the molecule is CCOC(=O)/C=C/COC1(c2ccccc2)CN(C(=O)OC(C)(C)C)N=C1c1ccc(Cl)cc1. The zero-order chi connectivity index (χ0) is 24.8. The molecule has 0 fully saturated rings. The standard InChI is InChI=1S/C26H29ClN2O5/c1-5-32-22(30)12-9-17-33-26(20-10-7-6-8-11-20)18-29(24(31)34-25(2,3)4)28-23(26)19-13-15-21(27)16-14-19/h6-16H,5,17-18H2,1-4H3/b12-9+. The van der Waals surface area contributed by atoms with Crippen LogP contribution in [0.4, 0.5) is 4.79 Å². The van der Waals surface area contributed by atoms with Crippen molar-refractivity contribution in [3.05, 3.63) is 82.9 Å². The van der Waals surface area contributed by atoms with E-state index in [0.29, 0.717) is 10.7 Å². The Labute approximate surface area is 204 Å². The minimum Gasteiger partial charge on any atom is -0.463 e. The molecule has 0 saturated heterocycles. The number of amides is 1. The van der Waals surface area contributed by atoms with Crippen LogP contribution in [-0.4, -0.2) is 48.1 Å². The van der Waals surface area contributed by atoms with Gasteiger partial charge in [0.05, 0.1) is 19.8 Å². The van der Waals surface area contributed by atoms with Gasteiger partial charge in [-0.1, -0.05) is 60.1 Å². The fraction of sp³-hybridized carbons (Fsp3) is 0.346. The highest BCUT2D eigenvalue weighted by Gasteiger charge is 2.48. The van der Waals surface area contributed by atoms with Crippen molar-refractivity contribution in [1.82, 2.24) is 5.01 Å². The second-order valence-electron chi connectivity index (χ2n) is 8.65. The van der Waals surface area contributed by atoms with E-state index in [1.807, 2.05) is 42.5 Å². The molecule has 0 aromatic heterocycles. The van der Waals surface area contributed by atoms with Gasteiger partial charge in [0, 0.05) is 16.7 Å². The van der Waals surface area contributed by atoms with Crippen molar-refractivity contribution in [2.45, 2.75) is 38.9 Å². The van der Waals surface area contributed by atoms with Crippen LogP contribution in [0.5, 0.6) is 0 Å². The molecule has 1 aliphatic rings. The molecule has 0 spiro atoms. The van der Waals surface area contributed by atoms with Crippen LogP contribution in [-0.2, 0) is 24.6 Å². The van der Waals surface area contributed by atoms with E-state index in [2.05, 4.69) is 5.10 Å². The second-order valence-corrected chi connectivity index (χ2v) is 9.09. The summed E-state index contributed by atoms with van der Waals surface area (Å²) in [6.45, 7) is 7.60. The molecule has 1 aliphatic heterocycles. The third-order valence-electron chi connectivity index (χ3n) is 4.90. The summed E-state index contributed by atoms with van der Waals surface area (Å²) >= 11 is 6.11. The van der Waals surface area contributed by atoms with Crippen LogP contribution in [0, 0.1) is 0 Å². The quantitative estimate of drug-likeness (QED) is 0.392. The normalized spacial score (nSPS) is 18.1. The third-order valence-corrected chi connectivity index (χ3v) is 5.16. The molecule has 3 rings (SSSR count). The van der Waals surface area contributed by atoms with Crippen LogP contribution in [0.2, 0.25) is 5.02 Å². The summed E-state index contributed by atoms with van der Waals surface area (Å²) in [6.07, 6.45) is 2.32. The van der Waals surface area contributed by atoms with E-state index < -0.39 is 23.3 Å². The van der Waals surface area contributed by atoms with Crippen molar-refractivity contribution >= 4 is 29.4 Å². The topological polar surface area (TPSA) is 77.4 Å². The van der Waals surface area contributed by atoms with Crippen LogP contribution in [0.1, 0.15) is 38.8 Å². The molecule has 7 nitrogen and oxygen atoms in total. The van der Waals surface area contributed by atoms with Crippen LogP contribution in [0.15, 0.2) is 71.9 Å². The molecule has 2 aromatic carbocycles. The number of nitrogens with zero attached hydrogens (tertiary/aromatic N) is 2. The number of rotatable bonds is 7. The molecule has 2 aromatic rings. The van der Waals surface area contributed by atoms with Crippen molar-refractivity contribution in [2.24, 2.45) is 5.10 Å². The molecule has 1 amide bonds. The molecular formula is C26H29ClN2O5. The van der Waals surface area contributed by atoms with Crippen LogP contribution >= 0.6 is 11.6 Å². The van der Waals surface area contributed by atoms with Crippen LogP contribution in [0.3, 0.4) is 0 Å². The lowest BCUT2D eigenvalue weighted by atomic mass is 9.85. The molecule has 180 valence electrons. The average Bonchev–Trinajstić information content (AvgIpc) is 3.18. The number of hydrazone groups is 1. The van der Waals surface area contributed by atoms with Crippen molar-refractivity contribution in [3.63, 3.8) is 0 Å². The number of ether oxygens (including phenoxy) is 3. The molecule has 1 heterocycles. The fourth-order valence-electron chi connectivity index (χ4n) is 3.50. The molecule has 0 saturated carbocycles. The Hall–Kier alpha value is -3.16. The van der Waals surface area contributed by atoms with Crippen molar-refractivity contribution in [1.29, 1.82) is 0 Å². The summed E-state index contributed by atoms with van der Waals surface area (Å²) < 4.78 is 16.9. The Balaban J connectivity index is 2.03. The summed E-state index contributed by atoms with van der Waals surface area (Å²) in [4.78, 5) is 24.7. The number of hydrogen-bond donors (Lipinski definition) is 0. The largest absolute Gasteiger partial charge is 0.463 e. The van der Waals surface area contributed by atoms with E-state index >= 15 is 0 Å². The molecule has 0 radical (unpaired) electrons. The van der Waals surface area contributed by atoms with Gasteiger partial charge in [0.15, 0.2) is 5.60 Å². The summed E-state index contributed by atoms with van der Waals surface area (Å²) in [6, 6.07) is 16.7. The van der Waals surface area contributed by atoms with E-state index in [1.54, 1.807) is 45.9 Å². The van der Waals surface area contributed by atoms with Gasteiger partial charge in [-0.3, -0.25) is 0 Å². The van der Waals surface area contributed by atoms with Gasteiger partial charge < -0.3 is 14.2 Å². The van der Waals surface area contributed by atoms with Crippen molar-refractivity contribution in [3.8, 4) is 0 Å². The highest BCUT2D eigenvalue weighted by Crippen LogP contribution is 2.37. The Morgan fingerprint density at radius 1 is 1.12 bits per heavy atom. The first-order valence-electron chi connectivity index (χ1n) is 11.0.